The van der Waals surface area contributed by atoms with Crippen molar-refractivity contribution in [1.29, 1.82) is 0 Å². The Bertz CT molecular complexity index is 3450. The Balaban J connectivity index is 1.01. The molecule has 3 unspecified atom stereocenters. The molecule has 79 heavy (non-hydrogen) atoms. The van der Waals surface area contributed by atoms with Crippen molar-refractivity contribution in [2.75, 3.05) is 24.7 Å². The number of hydrogen-bond donors (Lipinski definition) is 4. The highest BCUT2D eigenvalue weighted by molar-refractivity contribution is 8.02. The van der Waals surface area contributed by atoms with E-state index in [1.807, 2.05) is 103 Å². The van der Waals surface area contributed by atoms with E-state index in [1.165, 1.54) is 29.9 Å². The van der Waals surface area contributed by atoms with Gasteiger partial charge in [0.1, 0.15) is 41.1 Å². The lowest BCUT2D eigenvalue weighted by atomic mass is 9.77. The number of nitrogens with zero attached hydrogens (tertiary/aromatic N) is 5. The van der Waals surface area contributed by atoms with E-state index in [-0.39, 0.29) is 46.7 Å². The van der Waals surface area contributed by atoms with Gasteiger partial charge < -0.3 is 30.3 Å². The second kappa shape index (κ2) is 24.3. The van der Waals surface area contributed by atoms with Crippen LogP contribution in [0.4, 0.5) is 9.93 Å². The zero-order valence-electron chi connectivity index (χ0n) is 43.1. The average Bonchev–Trinajstić information content (AvgIpc) is 4.04. The van der Waals surface area contributed by atoms with Gasteiger partial charge in [-0.1, -0.05) is 169 Å². The predicted octanol–water partition coefficient (Wildman–Crippen LogP) is 6.98. The molecule has 0 bridgehead atoms. The molecule has 5 aromatic carbocycles. The number of H-pyrrole nitrogens is 1. The van der Waals surface area contributed by atoms with Crippen LogP contribution in [-0.2, 0) is 51.6 Å². The van der Waals surface area contributed by atoms with Crippen molar-refractivity contribution in [3.05, 3.63) is 234 Å². The van der Waals surface area contributed by atoms with Crippen LogP contribution in [0, 0.1) is 0 Å². The molecule has 9 rings (SSSR count). The van der Waals surface area contributed by atoms with Gasteiger partial charge in [0, 0.05) is 18.5 Å². The van der Waals surface area contributed by atoms with E-state index in [1.54, 1.807) is 74.7 Å². The first kappa shape index (κ1) is 55.0. The molecule has 0 spiro atoms. The lowest BCUT2D eigenvalue weighted by Gasteiger charge is -2.49. The summed E-state index contributed by atoms with van der Waals surface area (Å²) in [6, 6.07) is 46.3. The summed E-state index contributed by atoms with van der Waals surface area (Å²) >= 11 is 2.09. The van der Waals surface area contributed by atoms with E-state index in [0.717, 1.165) is 37.9 Å². The number of β-lactam (4-membered cyclic amide) rings is 1. The topological polar surface area (TPSA) is 245 Å². The zero-order valence-corrected chi connectivity index (χ0v) is 45.5. The number of thiazole rings is 1. The first-order valence-electron chi connectivity index (χ1n) is 24.7. The summed E-state index contributed by atoms with van der Waals surface area (Å²) in [6.45, 7) is 4.83. The van der Waals surface area contributed by atoms with Crippen molar-refractivity contribution in [3.8, 4) is 0 Å². The first-order chi connectivity index (χ1) is 38.2. The third-order valence-electron chi connectivity index (χ3n) is 12.5. The molecule has 19 nitrogen and oxygen atoms in total. The molecule has 0 saturated carbocycles. The fourth-order valence-corrected chi connectivity index (χ4v) is 12.2. The molecule has 3 amide bonds. The minimum absolute atomic E-state index is 0.00171. The highest BCUT2D eigenvalue weighted by Gasteiger charge is 2.57. The maximum absolute atomic E-state index is 14.8. The Morgan fingerprint density at radius 3 is 1.95 bits per heavy atom. The summed E-state index contributed by atoms with van der Waals surface area (Å²) in [4.78, 5) is 92.7. The van der Waals surface area contributed by atoms with Gasteiger partial charge in [-0.2, -0.15) is 0 Å². The third-order valence-corrected chi connectivity index (χ3v) is 15.7. The fourth-order valence-electron chi connectivity index (χ4n) is 9.02. The monoisotopic (exact) mass is 1120 g/mol. The number of fused-ring (bicyclic) bond motifs is 1. The maximum Gasteiger partial charge on any atom is 0.407 e. The highest BCUT2D eigenvalue weighted by Crippen LogP contribution is 2.42. The van der Waals surface area contributed by atoms with Gasteiger partial charge in [0.05, 0.1) is 16.6 Å². The van der Waals surface area contributed by atoms with Crippen LogP contribution in [0.5, 0.6) is 0 Å². The van der Waals surface area contributed by atoms with E-state index < -0.39 is 74.5 Å². The Morgan fingerprint density at radius 2 is 1.41 bits per heavy atom. The number of thioether (sulfide) groups is 1. The normalized spacial score (nSPS) is 16.5. The van der Waals surface area contributed by atoms with Gasteiger partial charge >= 0.3 is 23.2 Å². The molecule has 2 aliphatic heterocycles. The number of aromatic nitrogens is 4. The fraction of sp³-hybridized carbons (Fsp3) is 0.211. The van der Waals surface area contributed by atoms with Gasteiger partial charge in [-0.3, -0.25) is 32.9 Å². The minimum Gasteiger partial charge on any atom is -0.448 e. The number of anilines is 1. The Morgan fingerprint density at radius 1 is 0.848 bits per heavy atom. The van der Waals surface area contributed by atoms with E-state index in [9.17, 15) is 33.0 Å². The number of carbonyl (C=O) groups excluding carboxylic acids is 4. The van der Waals surface area contributed by atoms with Gasteiger partial charge in [0.25, 0.3) is 11.8 Å². The van der Waals surface area contributed by atoms with Crippen LogP contribution in [0.1, 0.15) is 60.4 Å². The van der Waals surface area contributed by atoms with E-state index in [0.29, 0.717) is 16.3 Å². The quantitative estimate of drug-likeness (QED) is 0.0122. The summed E-state index contributed by atoms with van der Waals surface area (Å²) in [5.74, 6) is -2.85. The van der Waals surface area contributed by atoms with E-state index in [4.69, 9.17) is 19.3 Å². The Hall–Kier alpha value is -8.73. The van der Waals surface area contributed by atoms with E-state index in [2.05, 4.69) is 31.3 Å². The second-order valence-electron chi connectivity index (χ2n) is 18.8. The molecule has 22 heteroatoms. The van der Waals surface area contributed by atoms with Crippen LogP contribution < -0.4 is 27.1 Å². The maximum atomic E-state index is 14.8. The molecule has 3 atom stereocenters. The van der Waals surface area contributed by atoms with Crippen molar-refractivity contribution in [2.45, 2.75) is 61.1 Å². The molecule has 4 N–H and O–H groups in total. The largest absolute Gasteiger partial charge is 0.448 e. The molecular formula is C57H53N9O10S3. The number of rotatable bonds is 19. The molecule has 0 aliphatic carbocycles. The number of ether oxygens (including phenoxy) is 2. The molecule has 2 aliphatic rings. The van der Waals surface area contributed by atoms with Gasteiger partial charge in [0.2, 0.25) is 0 Å². The van der Waals surface area contributed by atoms with Gasteiger partial charge in [-0.15, -0.1) is 16.4 Å². The number of benzene rings is 5. The molecule has 1 fully saturated rings. The minimum atomic E-state index is -1.95. The smallest absolute Gasteiger partial charge is 0.407 e. The lowest BCUT2D eigenvalue weighted by molar-refractivity contribution is -0.154. The van der Waals surface area contributed by atoms with Gasteiger partial charge in [-0.05, 0) is 65.6 Å². The third kappa shape index (κ3) is 12.2. The van der Waals surface area contributed by atoms with Crippen LogP contribution in [0.3, 0.4) is 0 Å². The number of alkyl carbamates (subject to hydrolysis) is 1. The molecule has 1 saturated heterocycles. The standard InChI is InChI=1S/C57H53N9O10S3/c1-56(2,3)76-55(72)58-31-32-65-50(70)48(68)62-63-54(65)77-33-30-38-35-79(73)51-44(49(69)66(51)45(38)52(71)75-46(36-20-10-5-11-21-36)37-22-12-6-13-23-37)60-47(67)43(64-74-4)42-34-78-53(59-42)61-57(39-24-14-7-15-25-39,40-26-16-8-17-27-40)41-28-18-9-19-29-41/h5-30,33-34,44,46,51H,31-32,35H2,1-4H3,(H,58,72)(H,59,61)(H,60,67)(H,62,68)/b33-30+,64-43+. The molecule has 4 heterocycles. The molecule has 2 aromatic heterocycles. The van der Waals surface area contributed by atoms with Crippen LogP contribution in [0.2, 0.25) is 0 Å². The van der Waals surface area contributed by atoms with Crippen LogP contribution in [-0.4, -0.2) is 94.9 Å². The number of amides is 3. The van der Waals surface area contributed by atoms with Crippen molar-refractivity contribution < 1.29 is 37.7 Å². The first-order valence-corrected chi connectivity index (χ1v) is 27.9. The van der Waals surface area contributed by atoms with Crippen molar-refractivity contribution in [3.63, 3.8) is 0 Å². The molecule has 404 valence electrons. The predicted molar refractivity (Wildman–Crippen MR) is 300 cm³/mol. The summed E-state index contributed by atoms with van der Waals surface area (Å²) in [5, 5.41) is 21.5. The molecule has 0 radical (unpaired) electrons. The van der Waals surface area contributed by atoms with Crippen molar-refractivity contribution in [2.24, 2.45) is 5.16 Å². The summed E-state index contributed by atoms with van der Waals surface area (Å²) in [6.07, 6.45) is -0.239. The number of esters is 1. The number of aromatic amines is 1. The van der Waals surface area contributed by atoms with Crippen LogP contribution in [0.15, 0.2) is 200 Å². The lowest BCUT2D eigenvalue weighted by Crippen LogP contribution is -2.74. The zero-order chi connectivity index (χ0) is 55.7. The van der Waals surface area contributed by atoms with Crippen LogP contribution in [0.25, 0.3) is 0 Å². The summed E-state index contributed by atoms with van der Waals surface area (Å²) in [5.41, 5.74) is 0.0791. The number of carbonyl (C=O) groups is 4. The Labute approximate surface area is 464 Å². The molecular weight excluding hydrogens is 1070 g/mol. The number of hydrogen-bond acceptors (Lipinski definition) is 16. The average molecular weight is 1120 g/mol. The SMILES string of the molecule is CO/N=C(/C(=O)NC1C(=O)N2C(C(=O)OC(c3ccccc3)c3ccccc3)=C(/C=C/Sc3n[nH]c(=O)c(=O)n3CCNC(=O)OC(C)(C)C)CS(=O)C12)c1csc(NC(c2ccccc2)(c2ccccc2)c2ccccc2)n1. The second-order valence-corrected chi connectivity index (χ2v) is 22.1. The van der Waals surface area contributed by atoms with Gasteiger partial charge in [-0.25, -0.2) is 19.7 Å². The highest BCUT2D eigenvalue weighted by atomic mass is 32.2. The van der Waals surface area contributed by atoms with Gasteiger partial charge in [0.15, 0.2) is 22.1 Å². The molecule has 7 aromatic rings. The van der Waals surface area contributed by atoms with Crippen molar-refractivity contribution >= 4 is 68.6 Å². The number of allylic oxidation sites excluding steroid dienone is 1. The Kier molecular flexibility index (Phi) is 16.9. The van der Waals surface area contributed by atoms with Crippen molar-refractivity contribution in [1.82, 2.24) is 35.3 Å². The summed E-state index contributed by atoms with van der Waals surface area (Å²) in [7, 11) is -0.683. The van der Waals surface area contributed by atoms with Crippen LogP contribution >= 0.6 is 23.1 Å². The summed E-state index contributed by atoms with van der Waals surface area (Å²) < 4.78 is 27.1. The van der Waals surface area contributed by atoms with E-state index >= 15 is 0 Å². The number of oxime groups is 1. The number of nitrogens with one attached hydrogen (secondary N) is 4.